The van der Waals surface area contributed by atoms with E-state index in [-0.39, 0.29) is 16.8 Å². The molecule has 5 rings (SSSR count). The topological polar surface area (TPSA) is 73.8 Å². The number of carbonyl (C=O) groups excluding carboxylic acids is 1. The Morgan fingerprint density at radius 1 is 0.971 bits per heavy atom. The maximum Gasteiger partial charge on any atom is 0.264 e. The second-order valence-corrected chi connectivity index (χ2v) is 10.7. The minimum atomic E-state index is -3.78. The van der Waals surface area contributed by atoms with E-state index < -0.39 is 10.0 Å². The summed E-state index contributed by atoms with van der Waals surface area (Å²) < 4.78 is 28.6. The normalized spacial score (nSPS) is 18.7. The molecular weight excluding hydrogens is 448 g/mol. The summed E-state index contributed by atoms with van der Waals surface area (Å²) in [5.74, 6) is -0.129. The Hall–Kier alpha value is -3.23. The highest BCUT2D eigenvalue weighted by Gasteiger charge is 2.36. The molecule has 1 aromatic heterocycles. The fraction of sp³-hybridized carbons (Fsp3) is 0.308. The number of rotatable bonds is 5. The highest BCUT2D eigenvalue weighted by atomic mass is 32.2. The molecule has 3 aromatic rings. The Bertz CT molecular complexity index is 1290. The molecule has 0 unspecified atom stereocenters. The van der Waals surface area contributed by atoms with Crippen LogP contribution in [0, 0.1) is 0 Å². The standard InChI is InChI=1S/C26H28N4O3S/c1-20-17-22-5-2-3-8-25(22)30(20)34(32,33)24-7-4-6-23(18-24)26(31)29-15-13-28(14-16-29)19-21-9-11-27-12-10-21/h2-12,18,20H,13-17,19H2,1H3/t20-/m1/s1. The molecule has 0 saturated carbocycles. The van der Waals surface area contributed by atoms with Gasteiger partial charge >= 0.3 is 0 Å². The van der Waals surface area contributed by atoms with Gasteiger partial charge in [-0.25, -0.2) is 8.42 Å². The van der Waals surface area contributed by atoms with Gasteiger partial charge < -0.3 is 4.90 Å². The summed E-state index contributed by atoms with van der Waals surface area (Å²) in [5.41, 5.74) is 3.35. The Labute approximate surface area is 200 Å². The first-order valence-corrected chi connectivity index (χ1v) is 13.0. The zero-order chi connectivity index (χ0) is 23.7. The molecule has 7 nitrogen and oxygen atoms in total. The lowest BCUT2D eigenvalue weighted by Crippen LogP contribution is -2.48. The van der Waals surface area contributed by atoms with Crippen molar-refractivity contribution in [1.29, 1.82) is 0 Å². The Morgan fingerprint density at radius 2 is 1.71 bits per heavy atom. The molecule has 176 valence electrons. The quantitative estimate of drug-likeness (QED) is 0.566. The van der Waals surface area contributed by atoms with Crippen molar-refractivity contribution in [2.45, 2.75) is 30.8 Å². The van der Waals surface area contributed by atoms with E-state index in [0.717, 1.165) is 30.9 Å². The molecule has 3 heterocycles. The summed E-state index contributed by atoms with van der Waals surface area (Å²) in [6, 6.07) is 17.9. The molecule has 0 spiro atoms. The second-order valence-electron chi connectivity index (χ2n) is 8.93. The van der Waals surface area contributed by atoms with Crippen LogP contribution in [0.2, 0.25) is 0 Å². The molecule has 2 aliphatic rings. The number of anilines is 1. The fourth-order valence-corrected chi connectivity index (χ4v) is 6.58. The number of nitrogens with zero attached hydrogens (tertiary/aromatic N) is 4. The average Bonchev–Trinajstić information content (AvgIpc) is 3.21. The molecule has 0 N–H and O–H groups in total. The van der Waals surface area contributed by atoms with Crippen LogP contribution < -0.4 is 4.31 Å². The van der Waals surface area contributed by atoms with E-state index in [1.807, 2.05) is 48.2 Å². The third-order valence-electron chi connectivity index (χ3n) is 6.60. The minimum absolute atomic E-state index is 0.129. The van der Waals surface area contributed by atoms with E-state index in [9.17, 15) is 13.2 Å². The fourth-order valence-electron chi connectivity index (χ4n) is 4.84. The highest BCUT2D eigenvalue weighted by Crippen LogP contribution is 2.36. The van der Waals surface area contributed by atoms with Crippen molar-refractivity contribution in [3.63, 3.8) is 0 Å². The summed E-state index contributed by atoms with van der Waals surface area (Å²) >= 11 is 0. The van der Waals surface area contributed by atoms with Crippen molar-refractivity contribution in [1.82, 2.24) is 14.8 Å². The lowest BCUT2D eigenvalue weighted by molar-refractivity contribution is 0.0628. The van der Waals surface area contributed by atoms with E-state index in [1.54, 1.807) is 30.6 Å². The number of piperazine rings is 1. The number of para-hydroxylation sites is 1. The first-order valence-electron chi connectivity index (χ1n) is 11.6. The molecule has 0 bridgehead atoms. The van der Waals surface area contributed by atoms with Gasteiger partial charge in [-0.05, 0) is 60.9 Å². The second kappa shape index (κ2) is 9.19. The number of carbonyl (C=O) groups is 1. The molecule has 2 aliphatic heterocycles. The number of aromatic nitrogens is 1. The molecule has 2 aromatic carbocycles. The van der Waals surface area contributed by atoms with Crippen LogP contribution in [-0.2, 0) is 23.0 Å². The number of hydrogen-bond acceptors (Lipinski definition) is 5. The van der Waals surface area contributed by atoms with Crippen molar-refractivity contribution in [2.24, 2.45) is 0 Å². The molecule has 1 saturated heterocycles. The third kappa shape index (κ3) is 4.31. The van der Waals surface area contributed by atoms with Crippen molar-refractivity contribution in [3.05, 3.63) is 89.7 Å². The predicted molar refractivity (Wildman–Crippen MR) is 131 cm³/mol. The van der Waals surface area contributed by atoms with E-state index in [2.05, 4.69) is 9.88 Å². The van der Waals surface area contributed by atoms with Gasteiger partial charge in [0.2, 0.25) is 0 Å². The number of benzene rings is 2. The first kappa shape index (κ1) is 22.6. The molecule has 0 aliphatic carbocycles. The predicted octanol–water partition coefficient (Wildman–Crippen LogP) is 3.18. The number of pyridine rings is 1. The summed E-state index contributed by atoms with van der Waals surface area (Å²) in [5, 5.41) is 0. The van der Waals surface area contributed by atoms with Crippen LogP contribution >= 0.6 is 0 Å². The van der Waals surface area contributed by atoms with Gasteiger partial charge in [0.15, 0.2) is 0 Å². The Balaban J connectivity index is 1.30. The summed E-state index contributed by atoms with van der Waals surface area (Å²) in [6.07, 6.45) is 4.26. The van der Waals surface area contributed by atoms with E-state index >= 15 is 0 Å². The van der Waals surface area contributed by atoms with Gasteiger partial charge in [-0.15, -0.1) is 0 Å². The van der Waals surface area contributed by atoms with Gasteiger partial charge in [-0.2, -0.15) is 0 Å². The van der Waals surface area contributed by atoms with Crippen LogP contribution in [0.25, 0.3) is 0 Å². The highest BCUT2D eigenvalue weighted by molar-refractivity contribution is 7.92. The van der Waals surface area contributed by atoms with Gasteiger partial charge in [0.1, 0.15) is 0 Å². The molecule has 1 amide bonds. The lowest BCUT2D eigenvalue weighted by Gasteiger charge is -2.35. The molecular formula is C26H28N4O3S. The van der Waals surface area contributed by atoms with E-state index in [4.69, 9.17) is 0 Å². The largest absolute Gasteiger partial charge is 0.336 e. The van der Waals surface area contributed by atoms with Crippen LogP contribution in [0.1, 0.15) is 28.4 Å². The zero-order valence-corrected chi connectivity index (χ0v) is 20.0. The van der Waals surface area contributed by atoms with Crippen LogP contribution in [0.5, 0.6) is 0 Å². The van der Waals surface area contributed by atoms with Crippen LogP contribution in [0.15, 0.2) is 78.0 Å². The third-order valence-corrected chi connectivity index (χ3v) is 8.52. The average molecular weight is 477 g/mol. The first-order chi connectivity index (χ1) is 16.4. The molecule has 34 heavy (non-hydrogen) atoms. The summed E-state index contributed by atoms with van der Waals surface area (Å²) in [4.78, 5) is 21.5. The zero-order valence-electron chi connectivity index (χ0n) is 19.2. The van der Waals surface area contributed by atoms with E-state index in [1.165, 1.54) is 15.9 Å². The van der Waals surface area contributed by atoms with Gasteiger partial charge in [-0.1, -0.05) is 24.3 Å². The maximum absolute atomic E-state index is 13.6. The molecule has 1 atom stereocenters. The smallest absolute Gasteiger partial charge is 0.264 e. The van der Waals surface area contributed by atoms with Gasteiger partial charge in [0.05, 0.1) is 10.6 Å². The van der Waals surface area contributed by atoms with Gasteiger partial charge in [-0.3, -0.25) is 19.0 Å². The van der Waals surface area contributed by atoms with Crippen LogP contribution in [0.3, 0.4) is 0 Å². The van der Waals surface area contributed by atoms with Gasteiger partial charge in [0.25, 0.3) is 15.9 Å². The molecule has 0 radical (unpaired) electrons. The maximum atomic E-state index is 13.6. The van der Waals surface area contributed by atoms with E-state index in [0.29, 0.717) is 25.1 Å². The number of fused-ring (bicyclic) bond motifs is 1. The number of sulfonamides is 1. The van der Waals surface area contributed by atoms with Crippen LogP contribution in [-0.4, -0.2) is 61.3 Å². The monoisotopic (exact) mass is 476 g/mol. The minimum Gasteiger partial charge on any atom is -0.336 e. The molecule has 8 heteroatoms. The SMILES string of the molecule is C[C@@H]1Cc2ccccc2N1S(=O)(=O)c1cccc(C(=O)N2CCN(Cc3ccncc3)CC2)c1. The number of hydrogen-bond donors (Lipinski definition) is 0. The summed E-state index contributed by atoms with van der Waals surface area (Å²) in [6.45, 7) is 5.50. The Morgan fingerprint density at radius 3 is 2.47 bits per heavy atom. The van der Waals surface area contributed by atoms with Crippen molar-refractivity contribution in [2.75, 3.05) is 30.5 Å². The number of amides is 1. The van der Waals surface area contributed by atoms with Crippen LogP contribution in [0.4, 0.5) is 5.69 Å². The van der Waals surface area contributed by atoms with Gasteiger partial charge in [0, 0.05) is 56.7 Å². The van der Waals surface area contributed by atoms with Crippen molar-refractivity contribution in [3.8, 4) is 0 Å². The molecule has 1 fully saturated rings. The lowest BCUT2D eigenvalue weighted by atomic mass is 10.1. The van der Waals surface area contributed by atoms with Crippen molar-refractivity contribution >= 4 is 21.6 Å². The summed E-state index contributed by atoms with van der Waals surface area (Å²) in [7, 11) is -3.78. The van der Waals surface area contributed by atoms with Crippen molar-refractivity contribution < 1.29 is 13.2 Å². The Kier molecular flexibility index (Phi) is 6.10.